The molecular weight excluding hydrogens is 524 g/mol. The van der Waals surface area contributed by atoms with E-state index in [0.717, 1.165) is 42.7 Å². The maximum absolute atomic E-state index is 13.5. The molecule has 0 bridgehead atoms. The molecule has 0 spiro atoms. The number of aliphatic hydroxyl groups excluding tert-OH is 1. The number of hydrogen-bond donors (Lipinski definition) is 1. The molecule has 1 aliphatic heterocycles. The van der Waals surface area contributed by atoms with Crippen LogP contribution in [0.4, 0.5) is 0 Å². The average Bonchev–Trinajstić information content (AvgIpc) is 3.23. The van der Waals surface area contributed by atoms with Crippen LogP contribution >= 0.6 is 0 Å². The molecule has 1 atom stereocenters. The highest BCUT2D eigenvalue weighted by molar-refractivity contribution is 6.46. The van der Waals surface area contributed by atoms with Crippen molar-refractivity contribution in [3.05, 3.63) is 106 Å². The molecule has 1 saturated heterocycles. The third-order valence-corrected chi connectivity index (χ3v) is 8.05. The number of Topliss-reactive ketones (excluding diaryl/α,β-unsaturated/α-hetero) is 1. The molecule has 4 rings (SSSR count). The van der Waals surface area contributed by atoms with Gasteiger partial charge in [-0.1, -0.05) is 88.7 Å². The number of rotatable bonds is 11. The van der Waals surface area contributed by atoms with Gasteiger partial charge in [0.25, 0.3) is 11.7 Å². The van der Waals surface area contributed by atoms with E-state index in [2.05, 4.69) is 39.5 Å². The molecule has 1 amide bonds. The molecule has 6 heteroatoms. The van der Waals surface area contributed by atoms with Gasteiger partial charge >= 0.3 is 0 Å². The normalized spacial score (nSPS) is 16.8. The van der Waals surface area contributed by atoms with Gasteiger partial charge < -0.3 is 19.6 Å². The van der Waals surface area contributed by atoms with Crippen LogP contribution in [0.15, 0.2) is 78.4 Å². The van der Waals surface area contributed by atoms with Gasteiger partial charge in [0.05, 0.1) is 11.6 Å². The summed E-state index contributed by atoms with van der Waals surface area (Å²) in [7, 11) is 0. The monoisotopic (exact) mass is 568 g/mol. The lowest BCUT2D eigenvalue weighted by atomic mass is 9.85. The number of benzene rings is 3. The maximum Gasteiger partial charge on any atom is 0.295 e. The number of ether oxygens (including phenoxy) is 1. The van der Waals surface area contributed by atoms with Crippen molar-refractivity contribution in [1.82, 2.24) is 9.80 Å². The Morgan fingerprint density at radius 1 is 0.905 bits per heavy atom. The molecule has 3 aromatic rings. The van der Waals surface area contributed by atoms with E-state index >= 15 is 0 Å². The molecule has 0 radical (unpaired) electrons. The first-order valence-corrected chi connectivity index (χ1v) is 14.9. The molecule has 1 N–H and O–H groups in total. The van der Waals surface area contributed by atoms with Crippen LogP contribution in [-0.2, 0) is 21.6 Å². The van der Waals surface area contributed by atoms with E-state index in [0.29, 0.717) is 24.5 Å². The Bertz CT molecular complexity index is 1400. The summed E-state index contributed by atoms with van der Waals surface area (Å²) in [5, 5.41) is 11.5. The fourth-order valence-corrected chi connectivity index (χ4v) is 5.34. The van der Waals surface area contributed by atoms with Gasteiger partial charge in [0.2, 0.25) is 0 Å². The van der Waals surface area contributed by atoms with Crippen molar-refractivity contribution in [2.45, 2.75) is 66.0 Å². The molecule has 3 aromatic carbocycles. The van der Waals surface area contributed by atoms with Crippen LogP contribution in [0.5, 0.6) is 5.75 Å². The Hall–Kier alpha value is -3.90. The number of carbonyl (C=O) groups is 2. The molecule has 1 aliphatic rings. The zero-order valence-electron chi connectivity index (χ0n) is 25.8. The number of hydrogen-bond acceptors (Lipinski definition) is 5. The lowest BCUT2D eigenvalue weighted by Crippen LogP contribution is -2.33. The van der Waals surface area contributed by atoms with Crippen molar-refractivity contribution in [2.75, 3.05) is 26.2 Å². The van der Waals surface area contributed by atoms with Crippen LogP contribution in [0.2, 0.25) is 0 Å². The first-order chi connectivity index (χ1) is 20.0. The molecule has 0 saturated carbocycles. The second-order valence-corrected chi connectivity index (χ2v) is 12.0. The predicted octanol–water partition coefficient (Wildman–Crippen LogP) is 7.03. The smallest absolute Gasteiger partial charge is 0.295 e. The third kappa shape index (κ3) is 7.11. The number of aliphatic hydroxyl groups is 1. The van der Waals surface area contributed by atoms with Crippen LogP contribution in [-0.4, -0.2) is 52.8 Å². The number of nitrogens with zero attached hydrogens (tertiary/aromatic N) is 2. The molecule has 222 valence electrons. The SMILES string of the molecule is CCN(CC)CCCN1C(=O)C(=O)/C(=C(/O)c2ccc(OCc3ccc(C)cc3)cc2)C1c1ccc(C(C)(C)C)cc1. The van der Waals surface area contributed by atoms with Crippen molar-refractivity contribution < 1.29 is 19.4 Å². The Morgan fingerprint density at radius 2 is 1.52 bits per heavy atom. The Kier molecular flexibility index (Phi) is 9.89. The van der Waals surface area contributed by atoms with Gasteiger partial charge in [-0.05, 0) is 79.3 Å². The fraction of sp³-hybridized carbons (Fsp3) is 0.389. The summed E-state index contributed by atoms with van der Waals surface area (Å²) in [5.41, 5.74) is 4.78. The Balaban J connectivity index is 1.63. The second kappa shape index (κ2) is 13.4. The van der Waals surface area contributed by atoms with E-state index in [1.807, 2.05) is 55.5 Å². The minimum absolute atomic E-state index is 0.0344. The number of carbonyl (C=O) groups excluding carboxylic acids is 2. The van der Waals surface area contributed by atoms with Gasteiger partial charge in [-0.25, -0.2) is 0 Å². The van der Waals surface area contributed by atoms with E-state index in [9.17, 15) is 14.7 Å². The highest BCUT2D eigenvalue weighted by Crippen LogP contribution is 2.40. The van der Waals surface area contributed by atoms with Gasteiger partial charge in [0.15, 0.2) is 0 Å². The van der Waals surface area contributed by atoms with Gasteiger partial charge in [-0.3, -0.25) is 9.59 Å². The molecule has 0 aromatic heterocycles. The first kappa shape index (κ1) is 31.0. The molecule has 42 heavy (non-hydrogen) atoms. The highest BCUT2D eigenvalue weighted by Gasteiger charge is 2.45. The van der Waals surface area contributed by atoms with Crippen LogP contribution in [0.1, 0.15) is 74.9 Å². The number of ketones is 1. The van der Waals surface area contributed by atoms with E-state index in [4.69, 9.17) is 4.74 Å². The highest BCUT2D eigenvalue weighted by atomic mass is 16.5. The number of likely N-dealkylation sites (tertiary alicyclic amines) is 1. The topological polar surface area (TPSA) is 70.1 Å². The van der Waals surface area contributed by atoms with Gasteiger partial charge in [-0.2, -0.15) is 0 Å². The van der Waals surface area contributed by atoms with Crippen LogP contribution in [0.25, 0.3) is 5.76 Å². The lowest BCUT2D eigenvalue weighted by Gasteiger charge is -2.27. The standard InChI is InChI=1S/C36H44N2O4/c1-7-37(8-2)22-9-23-38-32(27-14-18-29(19-15-27)36(4,5)6)31(34(40)35(38)41)33(39)28-16-20-30(21-17-28)42-24-26-12-10-25(3)11-13-26/h10-21,32,39H,7-9,22-24H2,1-6H3/b33-31+. The van der Waals surface area contributed by atoms with Crippen LogP contribution in [0.3, 0.4) is 0 Å². The summed E-state index contributed by atoms with van der Waals surface area (Å²) in [6.45, 7) is 16.3. The quantitative estimate of drug-likeness (QED) is 0.153. The van der Waals surface area contributed by atoms with E-state index in [1.165, 1.54) is 5.56 Å². The minimum atomic E-state index is -0.659. The van der Waals surface area contributed by atoms with E-state index in [1.54, 1.807) is 29.2 Å². The van der Waals surface area contributed by atoms with E-state index < -0.39 is 17.7 Å². The molecule has 6 nitrogen and oxygen atoms in total. The largest absolute Gasteiger partial charge is 0.507 e. The Labute approximate surface area is 250 Å². The van der Waals surface area contributed by atoms with Crippen molar-refractivity contribution >= 4 is 17.4 Å². The van der Waals surface area contributed by atoms with Crippen molar-refractivity contribution in [2.24, 2.45) is 0 Å². The van der Waals surface area contributed by atoms with Gasteiger partial charge in [-0.15, -0.1) is 0 Å². The van der Waals surface area contributed by atoms with Crippen LogP contribution in [0, 0.1) is 6.92 Å². The first-order valence-electron chi connectivity index (χ1n) is 14.9. The fourth-order valence-electron chi connectivity index (χ4n) is 5.34. The molecule has 0 aliphatic carbocycles. The van der Waals surface area contributed by atoms with Crippen LogP contribution < -0.4 is 4.74 Å². The zero-order chi connectivity index (χ0) is 30.4. The molecular formula is C36H44N2O4. The van der Waals surface area contributed by atoms with Gasteiger partial charge in [0, 0.05) is 12.1 Å². The number of amides is 1. The molecule has 1 heterocycles. The second-order valence-electron chi connectivity index (χ2n) is 12.0. The molecule has 1 fully saturated rings. The summed E-state index contributed by atoms with van der Waals surface area (Å²) in [4.78, 5) is 30.7. The minimum Gasteiger partial charge on any atom is -0.507 e. The summed E-state index contributed by atoms with van der Waals surface area (Å²) < 4.78 is 5.93. The number of aryl methyl sites for hydroxylation is 1. The van der Waals surface area contributed by atoms with E-state index in [-0.39, 0.29) is 16.7 Å². The summed E-state index contributed by atoms with van der Waals surface area (Å²) >= 11 is 0. The average molecular weight is 569 g/mol. The molecule has 1 unspecified atom stereocenters. The maximum atomic E-state index is 13.5. The predicted molar refractivity (Wildman–Crippen MR) is 169 cm³/mol. The van der Waals surface area contributed by atoms with Crippen molar-refractivity contribution in [1.29, 1.82) is 0 Å². The summed E-state index contributed by atoms with van der Waals surface area (Å²) in [5.74, 6) is -0.744. The third-order valence-electron chi connectivity index (χ3n) is 8.05. The zero-order valence-corrected chi connectivity index (χ0v) is 25.8. The summed E-state index contributed by atoms with van der Waals surface area (Å²) in [6, 6.07) is 22.6. The lowest BCUT2D eigenvalue weighted by molar-refractivity contribution is -0.140. The Morgan fingerprint density at radius 3 is 2.10 bits per heavy atom. The summed E-state index contributed by atoms with van der Waals surface area (Å²) in [6.07, 6.45) is 0.734. The van der Waals surface area contributed by atoms with Gasteiger partial charge in [0.1, 0.15) is 18.1 Å². The van der Waals surface area contributed by atoms with Crippen molar-refractivity contribution in [3.8, 4) is 5.75 Å². The van der Waals surface area contributed by atoms with Crippen molar-refractivity contribution in [3.63, 3.8) is 0 Å².